The summed E-state index contributed by atoms with van der Waals surface area (Å²) in [5.41, 5.74) is 2.79. The van der Waals surface area contributed by atoms with Crippen molar-refractivity contribution in [2.75, 3.05) is 6.61 Å². The second-order valence-corrected chi connectivity index (χ2v) is 6.23. The van der Waals surface area contributed by atoms with E-state index in [0.717, 1.165) is 35.4 Å². The highest BCUT2D eigenvalue weighted by atomic mass is 32.1. The third-order valence-corrected chi connectivity index (χ3v) is 4.87. The minimum atomic E-state index is -0.247. The molecular formula is C17H18N2O2S. The van der Waals surface area contributed by atoms with Crippen LogP contribution >= 0.6 is 11.3 Å². The van der Waals surface area contributed by atoms with E-state index >= 15 is 0 Å². The fourth-order valence-corrected chi connectivity index (χ4v) is 3.86. The lowest BCUT2D eigenvalue weighted by Gasteiger charge is -2.11. The van der Waals surface area contributed by atoms with Crippen molar-refractivity contribution < 1.29 is 9.53 Å². The minimum absolute atomic E-state index is 0.247. The largest absolute Gasteiger partial charge is 0.462 e. The predicted octanol–water partition coefficient (Wildman–Crippen LogP) is 3.95. The van der Waals surface area contributed by atoms with Gasteiger partial charge in [0.05, 0.1) is 12.2 Å². The van der Waals surface area contributed by atoms with E-state index in [4.69, 9.17) is 4.74 Å². The average molecular weight is 314 g/mol. The Morgan fingerprint density at radius 2 is 2.14 bits per heavy atom. The Bertz CT molecular complexity index is 692. The standard InChI is InChI=1S/C17H18N2O2S/c1-2-21-17(20)15-13-5-3-4-6-14(13)22-16(15)19-11-12-7-9-18-10-8-12/h7-11H,2-6H2,1H3. The molecule has 3 rings (SSSR count). The van der Waals surface area contributed by atoms with Crippen molar-refractivity contribution in [3.63, 3.8) is 0 Å². The third kappa shape index (κ3) is 3.09. The van der Waals surface area contributed by atoms with E-state index in [-0.39, 0.29) is 5.97 Å². The number of carbonyl (C=O) groups excluding carboxylic acids is 1. The molecule has 0 spiro atoms. The van der Waals surface area contributed by atoms with Crippen molar-refractivity contribution in [2.24, 2.45) is 4.99 Å². The molecule has 2 aromatic heterocycles. The number of thiophene rings is 1. The summed E-state index contributed by atoms with van der Waals surface area (Å²) in [5.74, 6) is -0.247. The summed E-state index contributed by atoms with van der Waals surface area (Å²) < 4.78 is 5.23. The second kappa shape index (κ2) is 6.83. The van der Waals surface area contributed by atoms with Gasteiger partial charge in [-0.15, -0.1) is 11.3 Å². The molecule has 0 aromatic carbocycles. The van der Waals surface area contributed by atoms with Gasteiger partial charge in [-0.1, -0.05) is 0 Å². The minimum Gasteiger partial charge on any atom is -0.462 e. The van der Waals surface area contributed by atoms with Crippen LogP contribution in [0.15, 0.2) is 29.5 Å². The topological polar surface area (TPSA) is 51.5 Å². The lowest BCUT2D eigenvalue weighted by atomic mass is 9.95. The molecule has 114 valence electrons. The number of aromatic nitrogens is 1. The van der Waals surface area contributed by atoms with Gasteiger partial charge in [-0.3, -0.25) is 4.98 Å². The van der Waals surface area contributed by atoms with E-state index in [1.165, 1.54) is 11.3 Å². The molecule has 0 aliphatic heterocycles. The van der Waals surface area contributed by atoms with Gasteiger partial charge in [-0.05, 0) is 55.9 Å². The van der Waals surface area contributed by atoms with E-state index in [9.17, 15) is 4.79 Å². The summed E-state index contributed by atoms with van der Waals surface area (Å²) in [6.45, 7) is 2.22. The number of esters is 1. The molecule has 0 bridgehead atoms. The molecule has 0 unspecified atom stereocenters. The molecule has 5 heteroatoms. The summed E-state index contributed by atoms with van der Waals surface area (Å²) in [6, 6.07) is 3.78. The maximum atomic E-state index is 12.3. The monoisotopic (exact) mass is 314 g/mol. The predicted molar refractivity (Wildman–Crippen MR) is 88.4 cm³/mol. The van der Waals surface area contributed by atoms with Crippen LogP contribution in [0.5, 0.6) is 0 Å². The maximum absolute atomic E-state index is 12.3. The fraction of sp³-hybridized carbons (Fsp3) is 0.353. The van der Waals surface area contributed by atoms with Crippen LogP contribution in [0.2, 0.25) is 0 Å². The Morgan fingerprint density at radius 1 is 1.36 bits per heavy atom. The van der Waals surface area contributed by atoms with Crippen molar-refractivity contribution in [1.29, 1.82) is 0 Å². The van der Waals surface area contributed by atoms with E-state index in [2.05, 4.69) is 9.98 Å². The molecule has 1 aliphatic rings. The molecular weight excluding hydrogens is 296 g/mol. The number of rotatable bonds is 4. The van der Waals surface area contributed by atoms with Crippen molar-refractivity contribution in [1.82, 2.24) is 4.98 Å². The van der Waals surface area contributed by atoms with E-state index < -0.39 is 0 Å². The molecule has 0 amide bonds. The quantitative estimate of drug-likeness (QED) is 0.634. The van der Waals surface area contributed by atoms with Gasteiger partial charge in [0, 0.05) is 23.5 Å². The van der Waals surface area contributed by atoms with Crippen molar-refractivity contribution >= 4 is 28.5 Å². The molecule has 0 radical (unpaired) electrons. The first-order chi connectivity index (χ1) is 10.8. The van der Waals surface area contributed by atoms with Gasteiger partial charge in [0.25, 0.3) is 0 Å². The van der Waals surface area contributed by atoms with Gasteiger partial charge in [-0.2, -0.15) is 0 Å². The first kappa shape index (κ1) is 14.9. The van der Waals surface area contributed by atoms with E-state index in [1.54, 1.807) is 29.9 Å². The third-order valence-electron chi connectivity index (χ3n) is 3.67. The first-order valence-electron chi connectivity index (χ1n) is 7.55. The van der Waals surface area contributed by atoms with Gasteiger partial charge >= 0.3 is 5.97 Å². The molecule has 0 N–H and O–H groups in total. The summed E-state index contributed by atoms with van der Waals surface area (Å²) in [6.07, 6.45) is 9.54. The first-order valence-corrected chi connectivity index (χ1v) is 8.37. The van der Waals surface area contributed by atoms with Crippen LogP contribution in [0.3, 0.4) is 0 Å². The molecule has 0 atom stereocenters. The summed E-state index contributed by atoms with van der Waals surface area (Å²) in [5, 5.41) is 0.766. The summed E-state index contributed by atoms with van der Waals surface area (Å²) in [7, 11) is 0. The second-order valence-electron chi connectivity index (χ2n) is 5.15. The van der Waals surface area contributed by atoms with Gasteiger partial charge in [0.15, 0.2) is 0 Å². The Kier molecular flexibility index (Phi) is 4.63. The van der Waals surface area contributed by atoms with Gasteiger partial charge < -0.3 is 4.74 Å². The zero-order valence-corrected chi connectivity index (χ0v) is 13.4. The molecule has 0 fully saturated rings. The van der Waals surface area contributed by atoms with Crippen LogP contribution in [0.1, 0.15) is 46.1 Å². The number of carbonyl (C=O) groups is 1. The van der Waals surface area contributed by atoms with Crippen molar-refractivity contribution in [3.05, 3.63) is 46.1 Å². The summed E-state index contributed by atoms with van der Waals surface area (Å²) in [4.78, 5) is 22.1. The van der Waals surface area contributed by atoms with Crippen LogP contribution in [0, 0.1) is 0 Å². The summed E-state index contributed by atoms with van der Waals surface area (Å²) >= 11 is 1.62. The van der Waals surface area contributed by atoms with Gasteiger partial charge in [0.2, 0.25) is 0 Å². The van der Waals surface area contributed by atoms with Crippen LogP contribution in [-0.4, -0.2) is 23.8 Å². The van der Waals surface area contributed by atoms with E-state index in [0.29, 0.717) is 12.2 Å². The highest BCUT2D eigenvalue weighted by molar-refractivity contribution is 7.16. The highest BCUT2D eigenvalue weighted by Gasteiger charge is 2.25. The van der Waals surface area contributed by atoms with Crippen LogP contribution in [0.25, 0.3) is 0 Å². The van der Waals surface area contributed by atoms with Gasteiger partial charge in [-0.25, -0.2) is 9.79 Å². The number of hydrogen-bond acceptors (Lipinski definition) is 5. The lowest BCUT2D eigenvalue weighted by molar-refractivity contribution is 0.0526. The Morgan fingerprint density at radius 3 is 2.91 bits per heavy atom. The number of fused-ring (bicyclic) bond motifs is 1. The number of nitrogens with zero attached hydrogens (tertiary/aromatic N) is 2. The zero-order chi connectivity index (χ0) is 15.4. The van der Waals surface area contributed by atoms with Crippen molar-refractivity contribution in [2.45, 2.75) is 32.6 Å². The molecule has 4 nitrogen and oxygen atoms in total. The van der Waals surface area contributed by atoms with Crippen molar-refractivity contribution in [3.8, 4) is 0 Å². The highest BCUT2D eigenvalue weighted by Crippen LogP contribution is 2.40. The zero-order valence-electron chi connectivity index (χ0n) is 12.5. The number of ether oxygens (including phenoxy) is 1. The number of pyridine rings is 1. The molecule has 0 saturated heterocycles. The normalized spacial score (nSPS) is 14.0. The molecule has 0 saturated carbocycles. The fourth-order valence-electron chi connectivity index (χ4n) is 2.64. The molecule has 2 aromatic rings. The number of aliphatic imine (C=N–C) groups is 1. The number of aryl methyl sites for hydroxylation is 1. The van der Waals surface area contributed by atoms with E-state index in [1.807, 2.05) is 19.1 Å². The van der Waals surface area contributed by atoms with Crippen LogP contribution < -0.4 is 0 Å². The average Bonchev–Trinajstić information content (AvgIpc) is 2.92. The van der Waals surface area contributed by atoms with Crippen LogP contribution in [-0.2, 0) is 17.6 Å². The lowest BCUT2D eigenvalue weighted by Crippen LogP contribution is -2.09. The Labute approximate surface area is 133 Å². The van der Waals surface area contributed by atoms with Crippen LogP contribution in [0.4, 0.5) is 5.00 Å². The smallest absolute Gasteiger partial charge is 0.341 e. The Balaban J connectivity index is 1.97. The molecule has 22 heavy (non-hydrogen) atoms. The maximum Gasteiger partial charge on any atom is 0.341 e. The Hall–Kier alpha value is -2.01. The SMILES string of the molecule is CCOC(=O)c1c(N=Cc2ccncc2)sc2c1CCCC2. The van der Waals surface area contributed by atoms with Gasteiger partial charge in [0.1, 0.15) is 5.00 Å². The number of hydrogen-bond donors (Lipinski definition) is 0. The molecule has 1 aliphatic carbocycles. The molecule has 2 heterocycles.